The first-order chi connectivity index (χ1) is 40.6. The van der Waals surface area contributed by atoms with Gasteiger partial charge in [0, 0.05) is 6.42 Å². The van der Waals surface area contributed by atoms with Crippen LogP contribution >= 0.6 is 0 Å². The van der Waals surface area contributed by atoms with Crippen molar-refractivity contribution in [2.24, 2.45) is 0 Å². The van der Waals surface area contributed by atoms with E-state index in [4.69, 9.17) is 18.9 Å². The van der Waals surface area contributed by atoms with Gasteiger partial charge in [0.15, 0.2) is 12.6 Å². The van der Waals surface area contributed by atoms with Gasteiger partial charge in [-0.05, 0) is 70.6 Å². The molecule has 14 nitrogen and oxygen atoms in total. The highest BCUT2D eigenvalue weighted by Crippen LogP contribution is 2.30. The first-order valence-electron chi connectivity index (χ1n) is 34.0. The summed E-state index contributed by atoms with van der Waals surface area (Å²) in [4.78, 5) is 13.3. The van der Waals surface area contributed by atoms with Crippen molar-refractivity contribution >= 4 is 5.91 Å². The number of rotatable bonds is 55. The normalized spacial score (nSPS) is 24.2. The number of aliphatic hydroxyl groups excluding tert-OH is 8. The summed E-state index contributed by atoms with van der Waals surface area (Å²) in [6.45, 7) is 2.79. The first-order valence-corrected chi connectivity index (χ1v) is 34.0. The number of hydrogen-bond acceptors (Lipinski definition) is 13. The number of carbonyl (C=O) groups is 1. The van der Waals surface area contributed by atoms with E-state index in [-0.39, 0.29) is 18.9 Å². The number of unbranched alkanes of at least 4 members (excludes halogenated alkanes) is 34. The van der Waals surface area contributed by atoms with Crippen molar-refractivity contribution in [3.05, 3.63) is 60.8 Å². The number of hydrogen-bond donors (Lipinski definition) is 9. The smallest absolute Gasteiger partial charge is 0.220 e. The van der Waals surface area contributed by atoms with Crippen LogP contribution in [0.1, 0.15) is 277 Å². The van der Waals surface area contributed by atoms with Gasteiger partial charge in [0.25, 0.3) is 0 Å². The monoisotopic (exact) mass is 1180 g/mol. The van der Waals surface area contributed by atoms with Crippen molar-refractivity contribution < 1.29 is 64.6 Å². The molecule has 0 aliphatic carbocycles. The van der Waals surface area contributed by atoms with E-state index in [1.165, 1.54) is 199 Å². The second kappa shape index (κ2) is 53.9. The molecule has 2 aliphatic heterocycles. The lowest BCUT2D eigenvalue weighted by molar-refractivity contribution is -0.359. The van der Waals surface area contributed by atoms with E-state index >= 15 is 0 Å². The van der Waals surface area contributed by atoms with E-state index in [2.05, 4.69) is 67.8 Å². The van der Waals surface area contributed by atoms with Crippen LogP contribution in [0.25, 0.3) is 0 Å². The Balaban J connectivity index is 1.70. The lowest BCUT2D eigenvalue weighted by Gasteiger charge is -2.46. The number of carbonyl (C=O) groups excluding carboxylic acids is 1. The molecule has 0 bridgehead atoms. The topological polar surface area (TPSA) is 228 Å². The van der Waals surface area contributed by atoms with E-state index in [0.717, 1.165) is 44.9 Å². The van der Waals surface area contributed by atoms with E-state index in [9.17, 15) is 45.6 Å². The summed E-state index contributed by atoms with van der Waals surface area (Å²) in [5.41, 5.74) is 0. The van der Waals surface area contributed by atoms with Crippen molar-refractivity contribution in [3.8, 4) is 0 Å². The van der Waals surface area contributed by atoms with Crippen molar-refractivity contribution in [1.82, 2.24) is 5.32 Å². The molecular weight excluding hydrogens is 1050 g/mol. The summed E-state index contributed by atoms with van der Waals surface area (Å²) < 4.78 is 22.8. The third-order valence-electron chi connectivity index (χ3n) is 16.4. The van der Waals surface area contributed by atoms with Gasteiger partial charge in [0.1, 0.15) is 48.8 Å². The molecule has 0 aromatic carbocycles. The number of ether oxygens (including phenoxy) is 4. The summed E-state index contributed by atoms with van der Waals surface area (Å²) in [5.74, 6) is -0.249. The molecule has 2 fully saturated rings. The van der Waals surface area contributed by atoms with Crippen LogP contribution in [-0.4, -0.2) is 140 Å². The van der Waals surface area contributed by atoms with Crippen LogP contribution in [0.3, 0.4) is 0 Å². The van der Waals surface area contributed by atoms with Crippen LogP contribution < -0.4 is 5.32 Å². The molecular formula is C69H125NO13. The lowest BCUT2D eigenvalue weighted by atomic mass is 9.97. The molecule has 14 heteroatoms. The van der Waals surface area contributed by atoms with Crippen LogP contribution in [0.4, 0.5) is 0 Å². The highest BCUT2D eigenvalue weighted by Gasteiger charge is 2.51. The van der Waals surface area contributed by atoms with Gasteiger partial charge in [0.05, 0.1) is 32.0 Å². The number of aliphatic hydroxyl groups is 8. The highest BCUT2D eigenvalue weighted by molar-refractivity contribution is 5.76. The van der Waals surface area contributed by atoms with Gasteiger partial charge in [-0.2, -0.15) is 0 Å². The van der Waals surface area contributed by atoms with Crippen molar-refractivity contribution in [1.29, 1.82) is 0 Å². The molecule has 1 amide bonds. The number of allylic oxidation sites excluding steroid dienone is 9. The minimum atomic E-state index is -1.79. The molecule has 0 spiro atoms. The third kappa shape index (κ3) is 38.6. The Morgan fingerprint density at radius 3 is 1.27 bits per heavy atom. The Morgan fingerprint density at radius 1 is 0.434 bits per heavy atom. The van der Waals surface area contributed by atoms with Gasteiger partial charge in [-0.3, -0.25) is 4.79 Å². The molecule has 0 saturated carbocycles. The average molecular weight is 1180 g/mol. The quantitative estimate of drug-likeness (QED) is 0.0204. The summed E-state index contributed by atoms with van der Waals surface area (Å²) in [7, 11) is 0. The predicted molar refractivity (Wildman–Crippen MR) is 337 cm³/mol. The summed E-state index contributed by atoms with van der Waals surface area (Å²) >= 11 is 0. The maximum absolute atomic E-state index is 13.3. The van der Waals surface area contributed by atoms with Gasteiger partial charge >= 0.3 is 0 Å². The van der Waals surface area contributed by atoms with Gasteiger partial charge in [-0.25, -0.2) is 0 Å². The SMILES string of the molecule is CCCCCCC/C=C\C/C=C\C/C=C\CCCCCCCCCCCCCCCCC(=O)NC(COC1OC(CO)C(OC2OC(CO)C(O)C(O)C2O)C(O)C1O)C(O)/C=C/CC/C=C/CCCCCCCCCCCCCCCC. The summed E-state index contributed by atoms with van der Waals surface area (Å²) in [6.07, 6.45) is 54.1. The Labute approximate surface area is 505 Å². The van der Waals surface area contributed by atoms with Crippen LogP contribution in [0.2, 0.25) is 0 Å². The fourth-order valence-electron chi connectivity index (χ4n) is 11.0. The highest BCUT2D eigenvalue weighted by atomic mass is 16.7. The molecule has 2 rings (SSSR count). The Hall–Kier alpha value is -2.31. The molecule has 0 aromatic rings. The summed E-state index contributed by atoms with van der Waals surface area (Å²) in [6, 6.07) is -0.934. The fraction of sp³-hybridized carbons (Fsp3) is 0.841. The van der Waals surface area contributed by atoms with Crippen molar-refractivity contribution in [2.45, 2.75) is 351 Å². The van der Waals surface area contributed by atoms with Crippen LogP contribution in [0.15, 0.2) is 60.8 Å². The predicted octanol–water partition coefficient (Wildman–Crippen LogP) is 13.3. The maximum atomic E-state index is 13.3. The molecule has 2 saturated heterocycles. The van der Waals surface area contributed by atoms with E-state index in [1.807, 2.05) is 6.08 Å². The summed E-state index contributed by atoms with van der Waals surface area (Å²) in [5, 5.41) is 87.3. The van der Waals surface area contributed by atoms with E-state index < -0.39 is 86.8 Å². The Kier molecular flexibility index (Phi) is 49.9. The zero-order chi connectivity index (χ0) is 60.2. The molecule has 0 radical (unpaired) electrons. The molecule has 12 unspecified atom stereocenters. The number of nitrogens with one attached hydrogen (secondary N) is 1. The fourth-order valence-corrected chi connectivity index (χ4v) is 11.0. The molecule has 2 aliphatic rings. The Morgan fingerprint density at radius 2 is 0.807 bits per heavy atom. The molecule has 484 valence electrons. The molecule has 9 N–H and O–H groups in total. The lowest BCUT2D eigenvalue weighted by Crippen LogP contribution is -2.65. The van der Waals surface area contributed by atoms with Gasteiger partial charge in [0.2, 0.25) is 5.91 Å². The first kappa shape index (κ1) is 76.8. The maximum Gasteiger partial charge on any atom is 0.220 e. The van der Waals surface area contributed by atoms with Gasteiger partial charge in [-0.1, -0.05) is 261 Å². The molecule has 2 heterocycles. The Bertz CT molecular complexity index is 1620. The van der Waals surface area contributed by atoms with Crippen molar-refractivity contribution in [2.75, 3.05) is 19.8 Å². The third-order valence-corrected chi connectivity index (χ3v) is 16.4. The zero-order valence-corrected chi connectivity index (χ0v) is 52.4. The molecule has 83 heavy (non-hydrogen) atoms. The molecule has 0 aromatic heterocycles. The van der Waals surface area contributed by atoms with Crippen molar-refractivity contribution in [3.63, 3.8) is 0 Å². The zero-order valence-electron chi connectivity index (χ0n) is 52.4. The average Bonchev–Trinajstić information content (AvgIpc) is 3.65. The van der Waals surface area contributed by atoms with Crippen LogP contribution in [0, 0.1) is 0 Å². The minimum Gasteiger partial charge on any atom is -0.394 e. The largest absolute Gasteiger partial charge is 0.394 e. The number of amides is 1. The second-order valence-electron chi connectivity index (χ2n) is 23.9. The standard InChI is InChI=1S/C69H125NO13/c1-3-5-7-9-11-13-15-17-19-21-23-25-26-27-28-29-30-31-32-33-35-37-39-41-43-45-47-49-51-53-61(74)70-57(58(73)52-50-48-46-44-42-40-38-36-34-24-22-20-18-16-14-12-10-8-6-4-2)56-80-68-66(79)64(77)67(60(55-72)82-68)83-69-65(78)63(76)62(75)59(54-71)81-69/h15,17,21,23,26-27,42,44,50,52,57-60,62-69,71-73,75-79H,3-14,16,18-20,22,24-25,28-41,43,45-49,51,53-56H2,1-2H3,(H,70,74)/b17-15-,23-21-,27-26-,44-42+,52-50+. The van der Waals surface area contributed by atoms with Gasteiger partial charge in [-0.15, -0.1) is 0 Å². The van der Waals surface area contributed by atoms with E-state index in [1.54, 1.807) is 6.08 Å². The van der Waals surface area contributed by atoms with Gasteiger partial charge < -0.3 is 65.1 Å². The second-order valence-corrected chi connectivity index (χ2v) is 23.9. The van der Waals surface area contributed by atoms with E-state index in [0.29, 0.717) is 12.8 Å². The van der Waals surface area contributed by atoms with Crippen LogP contribution in [-0.2, 0) is 23.7 Å². The molecule has 12 atom stereocenters. The minimum absolute atomic E-state index is 0.249. The van der Waals surface area contributed by atoms with Crippen LogP contribution in [0.5, 0.6) is 0 Å².